The van der Waals surface area contributed by atoms with Gasteiger partial charge in [0.2, 0.25) is 0 Å². The fourth-order valence-electron chi connectivity index (χ4n) is 3.64. The second kappa shape index (κ2) is 6.31. The lowest BCUT2D eigenvalue weighted by molar-refractivity contribution is -0.113. The summed E-state index contributed by atoms with van der Waals surface area (Å²) in [5.74, 6) is 1.57. The third kappa shape index (κ3) is 3.45. The number of hydrogen-bond acceptors (Lipinski definition) is 3. The Morgan fingerprint density at radius 2 is 2.05 bits per heavy atom. The van der Waals surface area contributed by atoms with Crippen molar-refractivity contribution in [2.75, 3.05) is 6.61 Å². The van der Waals surface area contributed by atoms with Gasteiger partial charge in [-0.2, -0.15) is 0 Å². The van der Waals surface area contributed by atoms with Gasteiger partial charge in [0.25, 0.3) is 0 Å². The van der Waals surface area contributed by atoms with Gasteiger partial charge in [-0.05, 0) is 72.5 Å². The predicted molar refractivity (Wildman–Crippen MR) is 90.3 cm³/mol. The van der Waals surface area contributed by atoms with Crippen molar-refractivity contribution in [1.29, 1.82) is 0 Å². The van der Waals surface area contributed by atoms with Gasteiger partial charge in [-0.1, -0.05) is 5.57 Å². The third-order valence-corrected chi connectivity index (χ3v) is 4.21. The minimum absolute atomic E-state index is 0.0594. The Balaban J connectivity index is 2.46. The molecule has 2 rings (SSSR count). The Labute approximate surface area is 134 Å². The van der Waals surface area contributed by atoms with Crippen LogP contribution in [0.5, 0.6) is 0 Å². The maximum atomic E-state index is 12.3. The number of nitrogens with one attached hydrogen (secondary N) is 1. The molecule has 22 heavy (non-hydrogen) atoms. The second-order valence-corrected chi connectivity index (χ2v) is 7.29. The molecule has 0 heterocycles. The van der Waals surface area contributed by atoms with E-state index in [4.69, 9.17) is 4.74 Å². The fraction of sp³-hybridized carbons (Fsp3) is 0.632. The molecule has 0 aromatic carbocycles. The van der Waals surface area contributed by atoms with E-state index >= 15 is 0 Å². The lowest BCUT2D eigenvalue weighted by Gasteiger charge is -2.25. The van der Waals surface area contributed by atoms with Crippen LogP contribution in [-0.4, -0.2) is 17.9 Å². The summed E-state index contributed by atoms with van der Waals surface area (Å²) in [6, 6.07) is 0. The van der Waals surface area contributed by atoms with Crippen molar-refractivity contribution < 1.29 is 9.53 Å². The number of rotatable bonds is 5. The van der Waals surface area contributed by atoms with Crippen LogP contribution < -0.4 is 5.32 Å². The van der Waals surface area contributed by atoms with E-state index in [2.05, 4.69) is 32.2 Å². The van der Waals surface area contributed by atoms with E-state index in [0.29, 0.717) is 12.5 Å². The summed E-state index contributed by atoms with van der Waals surface area (Å²) in [6.07, 6.45) is 5.51. The van der Waals surface area contributed by atoms with Crippen LogP contribution >= 0.6 is 0 Å². The molecule has 1 saturated carbocycles. The highest BCUT2D eigenvalue weighted by Crippen LogP contribution is 2.46. The van der Waals surface area contributed by atoms with Crippen molar-refractivity contribution in [3.05, 3.63) is 34.3 Å². The molecular formula is C19H29NO2. The van der Waals surface area contributed by atoms with Crippen molar-refractivity contribution in [3.63, 3.8) is 0 Å². The zero-order valence-electron chi connectivity index (χ0n) is 14.8. The Morgan fingerprint density at radius 3 is 2.59 bits per heavy atom. The fourth-order valence-corrected chi connectivity index (χ4v) is 3.64. The molecule has 1 atom stereocenters. The maximum Gasteiger partial charge on any atom is 0.162 e. The van der Waals surface area contributed by atoms with Crippen LogP contribution in [0, 0.1) is 5.92 Å². The molecule has 0 bridgehead atoms. The van der Waals surface area contributed by atoms with Gasteiger partial charge in [0.05, 0.1) is 6.61 Å². The van der Waals surface area contributed by atoms with Crippen LogP contribution in [0.1, 0.15) is 60.8 Å². The van der Waals surface area contributed by atoms with E-state index in [-0.39, 0.29) is 11.3 Å². The highest BCUT2D eigenvalue weighted by atomic mass is 16.5. The van der Waals surface area contributed by atoms with E-state index < -0.39 is 0 Å². The quantitative estimate of drug-likeness (QED) is 0.771. The molecule has 2 aliphatic carbocycles. The molecule has 0 aromatic rings. The van der Waals surface area contributed by atoms with Crippen molar-refractivity contribution in [3.8, 4) is 0 Å². The van der Waals surface area contributed by atoms with Crippen molar-refractivity contribution in [2.24, 2.45) is 5.92 Å². The molecule has 0 spiro atoms. The van der Waals surface area contributed by atoms with Crippen LogP contribution in [0.15, 0.2) is 34.3 Å². The Kier molecular flexibility index (Phi) is 4.84. The summed E-state index contributed by atoms with van der Waals surface area (Å²) < 4.78 is 5.82. The van der Waals surface area contributed by atoms with Crippen molar-refractivity contribution in [1.82, 2.24) is 5.32 Å². The van der Waals surface area contributed by atoms with Crippen LogP contribution in [0.3, 0.4) is 0 Å². The summed E-state index contributed by atoms with van der Waals surface area (Å²) >= 11 is 0. The van der Waals surface area contributed by atoms with Gasteiger partial charge in [0, 0.05) is 22.7 Å². The van der Waals surface area contributed by atoms with E-state index in [1.807, 2.05) is 13.8 Å². The minimum Gasteiger partial charge on any atom is -0.498 e. The molecule has 3 nitrogen and oxygen atoms in total. The van der Waals surface area contributed by atoms with E-state index in [1.54, 1.807) is 6.92 Å². The van der Waals surface area contributed by atoms with Gasteiger partial charge < -0.3 is 10.1 Å². The number of fused-ring (bicyclic) bond motifs is 1. The first-order valence-corrected chi connectivity index (χ1v) is 8.32. The molecule has 122 valence electrons. The van der Waals surface area contributed by atoms with Crippen LogP contribution in [0.4, 0.5) is 0 Å². The Hall–Kier alpha value is -1.51. The number of carbonyl (C=O) groups excluding carboxylic acids is 1. The van der Waals surface area contributed by atoms with Crippen LogP contribution in [-0.2, 0) is 9.53 Å². The lowest BCUT2D eigenvalue weighted by atomic mass is 9.94. The third-order valence-electron chi connectivity index (χ3n) is 4.21. The largest absolute Gasteiger partial charge is 0.498 e. The molecule has 1 fully saturated rings. The number of hydrogen-bond donors (Lipinski definition) is 1. The van der Waals surface area contributed by atoms with E-state index in [9.17, 15) is 4.79 Å². The first-order chi connectivity index (χ1) is 10.2. The van der Waals surface area contributed by atoms with Gasteiger partial charge in [0.1, 0.15) is 5.76 Å². The highest BCUT2D eigenvalue weighted by molar-refractivity contribution is 6.00. The highest BCUT2D eigenvalue weighted by Gasteiger charge is 2.35. The molecule has 0 radical (unpaired) electrons. The zero-order chi connectivity index (χ0) is 16.5. The topological polar surface area (TPSA) is 38.3 Å². The number of carbonyl (C=O) groups is 1. The molecule has 3 heteroatoms. The summed E-state index contributed by atoms with van der Waals surface area (Å²) in [7, 11) is 0. The minimum atomic E-state index is -0.0594. The molecule has 0 amide bonds. The first-order valence-electron chi connectivity index (χ1n) is 8.32. The lowest BCUT2D eigenvalue weighted by Crippen LogP contribution is -2.35. The summed E-state index contributed by atoms with van der Waals surface area (Å²) in [6.45, 7) is 12.7. The monoisotopic (exact) mass is 303 g/mol. The van der Waals surface area contributed by atoms with Gasteiger partial charge in [-0.3, -0.25) is 4.79 Å². The zero-order valence-corrected chi connectivity index (χ0v) is 14.8. The summed E-state index contributed by atoms with van der Waals surface area (Å²) in [5.41, 5.74) is 4.22. The number of ketones is 1. The molecule has 2 aliphatic rings. The number of ether oxygens (including phenoxy) is 1. The van der Waals surface area contributed by atoms with E-state index in [1.165, 1.54) is 12.0 Å². The molecule has 1 N–H and O–H groups in total. The second-order valence-electron chi connectivity index (χ2n) is 7.29. The van der Waals surface area contributed by atoms with E-state index in [0.717, 1.165) is 35.4 Å². The summed E-state index contributed by atoms with van der Waals surface area (Å²) in [4.78, 5) is 12.3. The SMILES string of the molecule is CCOC1=CC(/C(C(C)=O)=C(\C)NC(C)(C)C)=C2CCC[C@@H]12. The van der Waals surface area contributed by atoms with Gasteiger partial charge in [-0.25, -0.2) is 0 Å². The summed E-state index contributed by atoms with van der Waals surface area (Å²) in [5, 5.41) is 3.46. The van der Waals surface area contributed by atoms with Crippen molar-refractivity contribution >= 4 is 5.78 Å². The average Bonchev–Trinajstić information content (AvgIpc) is 2.92. The Morgan fingerprint density at radius 1 is 1.36 bits per heavy atom. The van der Waals surface area contributed by atoms with Crippen LogP contribution in [0.2, 0.25) is 0 Å². The number of Topliss-reactive ketones (excluding diaryl/α,β-unsaturated/α-hetero) is 1. The smallest absolute Gasteiger partial charge is 0.162 e. The molecule has 0 saturated heterocycles. The van der Waals surface area contributed by atoms with Gasteiger partial charge in [-0.15, -0.1) is 0 Å². The average molecular weight is 303 g/mol. The Bertz CT molecular complexity index is 558. The maximum absolute atomic E-state index is 12.3. The molecule has 0 aliphatic heterocycles. The van der Waals surface area contributed by atoms with Gasteiger partial charge >= 0.3 is 0 Å². The normalized spacial score (nSPS) is 22.3. The molecule has 0 aromatic heterocycles. The number of allylic oxidation sites excluding steroid dienone is 5. The molecule has 0 unspecified atom stereocenters. The predicted octanol–water partition coefficient (Wildman–Crippen LogP) is 4.27. The van der Waals surface area contributed by atoms with Gasteiger partial charge in [0.15, 0.2) is 5.78 Å². The first kappa shape index (κ1) is 16.9. The van der Waals surface area contributed by atoms with Crippen LogP contribution in [0.25, 0.3) is 0 Å². The van der Waals surface area contributed by atoms with Crippen molar-refractivity contribution in [2.45, 2.75) is 66.3 Å². The standard InChI is InChI=1S/C19H29NO2/c1-7-22-17-11-16(14-9-8-10-15(14)17)18(13(3)21)12(2)20-19(4,5)6/h11,15,20H,7-10H2,1-6H3/b18-12+/t15-/m1/s1. The molecular weight excluding hydrogens is 274 g/mol.